The Morgan fingerprint density at radius 1 is 1.16 bits per heavy atom. The number of aromatic nitrogens is 3. The van der Waals surface area contributed by atoms with E-state index >= 15 is 0 Å². The number of nitrogens with zero attached hydrogens (tertiary/aromatic N) is 3. The van der Waals surface area contributed by atoms with E-state index in [1.54, 1.807) is 23.9 Å². The van der Waals surface area contributed by atoms with Crippen molar-refractivity contribution >= 4 is 23.5 Å². The van der Waals surface area contributed by atoms with Gasteiger partial charge in [0.2, 0.25) is 0 Å². The van der Waals surface area contributed by atoms with E-state index in [-0.39, 0.29) is 10.7 Å². The Morgan fingerprint density at radius 2 is 1.88 bits per heavy atom. The number of rotatable bonds is 8. The van der Waals surface area contributed by atoms with E-state index in [2.05, 4.69) is 15.4 Å². The van der Waals surface area contributed by atoms with Gasteiger partial charge < -0.3 is 14.8 Å². The molecule has 1 atom stereocenters. The highest BCUT2D eigenvalue weighted by Crippen LogP contribution is 2.19. The maximum atomic E-state index is 12.6. The van der Waals surface area contributed by atoms with E-state index < -0.39 is 18.0 Å². The summed E-state index contributed by atoms with van der Waals surface area (Å²) in [5.74, 6) is 0.0185. The fraction of sp³-hybridized carbons (Fsp3) is 0.304. The van der Waals surface area contributed by atoms with Gasteiger partial charge >= 0.3 is 5.97 Å². The standard InChI is InChI=1S/C23H25ClN4O4/c1-14-13-15(2)28(27-14)20-10-9-19(24)21(26-20)23(30)32-16(3)22(29)25-12-11-17-5-7-18(31-4)8-6-17/h5-10,13,16H,11-12H2,1-4H3,(H,25,29). The number of nitrogens with one attached hydrogen (secondary N) is 1. The number of ether oxygens (including phenoxy) is 2. The molecule has 0 aliphatic carbocycles. The number of methoxy groups -OCH3 is 1. The highest BCUT2D eigenvalue weighted by molar-refractivity contribution is 6.33. The van der Waals surface area contributed by atoms with E-state index in [4.69, 9.17) is 21.1 Å². The number of halogens is 1. The van der Waals surface area contributed by atoms with E-state index in [0.29, 0.717) is 18.8 Å². The Kier molecular flexibility index (Phi) is 7.48. The summed E-state index contributed by atoms with van der Waals surface area (Å²) in [5, 5.41) is 7.25. The van der Waals surface area contributed by atoms with Gasteiger partial charge in [0, 0.05) is 12.2 Å². The van der Waals surface area contributed by atoms with Crippen LogP contribution in [0.15, 0.2) is 42.5 Å². The first-order valence-electron chi connectivity index (χ1n) is 10.1. The Morgan fingerprint density at radius 3 is 2.50 bits per heavy atom. The molecule has 2 heterocycles. The van der Waals surface area contributed by atoms with Gasteiger partial charge in [0.25, 0.3) is 5.91 Å². The molecule has 0 aliphatic rings. The van der Waals surface area contributed by atoms with Gasteiger partial charge in [-0.25, -0.2) is 14.5 Å². The maximum absolute atomic E-state index is 12.6. The summed E-state index contributed by atoms with van der Waals surface area (Å²) in [5.41, 5.74) is 2.66. The van der Waals surface area contributed by atoms with Gasteiger partial charge in [0.1, 0.15) is 5.75 Å². The molecule has 8 nitrogen and oxygen atoms in total. The molecule has 0 aliphatic heterocycles. The van der Waals surface area contributed by atoms with Crippen molar-refractivity contribution in [1.82, 2.24) is 20.1 Å². The predicted molar refractivity (Wildman–Crippen MR) is 120 cm³/mol. The minimum Gasteiger partial charge on any atom is -0.497 e. The lowest BCUT2D eigenvalue weighted by atomic mass is 10.1. The first-order valence-corrected chi connectivity index (χ1v) is 10.5. The number of aryl methyl sites for hydroxylation is 2. The average molecular weight is 457 g/mol. The summed E-state index contributed by atoms with van der Waals surface area (Å²) in [6.45, 7) is 5.65. The molecule has 32 heavy (non-hydrogen) atoms. The molecule has 0 radical (unpaired) electrons. The lowest BCUT2D eigenvalue weighted by Gasteiger charge is -2.14. The molecule has 3 aromatic rings. The van der Waals surface area contributed by atoms with Crippen LogP contribution in [0.3, 0.4) is 0 Å². The number of hydrogen-bond donors (Lipinski definition) is 1. The minimum atomic E-state index is -1.01. The van der Waals surface area contributed by atoms with Crippen LogP contribution in [0.4, 0.5) is 0 Å². The summed E-state index contributed by atoms with van der Waals surface area (Å²) in [4.78, 5) is 29.3. The van der Waals surface area contributed by atoms with Crippen LogP contribution in [0.25, 0.3) is 5.82 Å². The number of hydrogen-bond acceptors (Lipinski definition) is 6. The molecule has 1 amide bonds. The van der Waals surface area contributed by atoms with Crippen LogP contribution in [-0.4, -0.2) is 46.4 Å². The number of carbonyl (C=O) groups is 2. The summed E-state index contributed by atoms with van der Waals surface area (Å²) in [7, 11) is 1.61. The molecule has 1 N–H and O–H groups in total. The molecular weight excluding hydrogens is 432 g/mol. The third-order valence-corrected chi connectivity index (χ3v) is 5.08. The van der Waals surface area contributed by atoms with Gasteiger partial charge in [-0.1, -0.05) is 23.7 Å². The third kappa shape index (κ3) is 5.64. The van der Waals surface area contributed by atoms with E-state index in [0.717, 1.165) is 22.7 Å². The van der Waals surface area contributed by atoms with Crippen molar-refractivity contribution in [1.29, 1.82) is 0 Å². The van der Waals surface area contributed by atoms with Crippen LogP contribution in [0.5, 0.6) is 5.75 Å². The van der Waals surface area contributed by atoms with Crippen LogP contribution in [-0.2, 0) is 16.0 Å². The molecular formula is C23H25ClN4O4. The Bertz CT molecular complexity index is 1110. The van der Waals surface area contributed by atoms with Crippen molar-refractivity contribution in [2.75, 3.05) is 13.7 Å². The van der Waals surface area contributed by atoms with Crippen molar-refractivity contribution < 1.29 is 19.1 Å². The zero-order valence-electron chi connectivity index (χ0n) is 18.4. The van der Waals surface area contributed by atoms with Gasteiger partial charge in [0.15, 0.2) is 17.6 Å². The molecule has 2 aromatic heterocycles. The van der Waals surface area contributed by atoms with Crippen LogP contribution >= 0.6 is 11.6 Å². The molecule has 0 fully saturated rings. The first kappa shape index (κ1) is 23.3. The summed E-state index contributed by atoms with van der Waals surface area (Å²) in [6.07, 6.45) is -0.373. The number of carbonyl (C=O) groups excluding carboxylic acids is 2. The van der Waals surface area contributed by atoms with Crippen LogP contribution < -0.4 is 10.1 Å². The zero-order valence-corrected chi connectivity index (χ0v) is 19.1. The number of pyridine rings is 1. The van der Waals surface area contributed by atoms with Crippen molar-refractivity contribution in [3.63, 3.8) is 0 Å². The van der Waals surface area contributed by atoms with E-state index in [9.17, 15) is 9.59 Å². The van der Waals surface area contributed by atoms with Crippen molar-refractivity contribution in [2.45, 2.75) is 33.3 Å². The minimum absolute atomic E-state index is 0.0744. The largest absolute Gasteiger partial charge is 0.497 e. The second-order valence-electron chi connectivity index (χ2n) is 7.28. The maximum Gasteiger partial charge on any atom is 0.359 e. The fourth-order valence-corrected chi connectivity index (χ4v) is 3.27. The topological polar surface area (TPSA) is 95.3 Å². The highest BCUT2D eigenvalue weighted by atomic mass is 35.5. The normalized spacial score (nSPS) is 11.7. The van der Waals surface area contributed by atoms with E-state index in [1.807, 2.05) is 44.2 Å². The Labute approximate surface area is 191 Å². The Hall–Kier alpha value is -3.39. The summed E-state index contributed by atoms with van der Waals surface area (Å²) < 4.78 is 12.0. The lowest BCUT2D eigenvalue weighted by Crippen LogP contribution is -2.37. The average Bonchev–Trinajstić information content (AvgIpc) is 3.12. The lowest BCUT2D eigenvalue weighted by molar-refractivity contribution is -0.129. The van der Waals surface area contributed by atoms with Crippen molar-refractivity contribution in [2.24, 2.45) is 0 Å². The summed E-state index contributed by atoms with van der Waals surface area (Å²) in [6, 6.07) is 12.7. The monoisotopic (exact) mass is 456 g/mol. The molecule has 168 valence electrons. The molecule has 0 bridgehead atoms. The van der Waals surface area contributed by atoms with Crippen molar-refractivity contribution in [3.8, 4) is 11.6 Å². The second kappa shape index (κ2) is 10.3. The van der Waals surface area contributed by atoms with Crippen molar-refractivity contribution in [3.05, 3.63) is 70.1 Å². The zero-order chi connectivity index (χ0) is 23.3. The van der Waals surface area contributed by atoms with Gasteiger partial charge in [-0.2, -0.15) is 5.10 Å². The molecule has 3 rings (SSSR count). The molecule has 0 spiro atoms. The van der Waals surface area contributed by atoms with Gasteiger partial charge in [-0.05, 0) is 63.1 Å². The van der Waals surface area contributed by atoms with Crippen LogP contribution in [0.2, 0.25) is 5.02 Å². The number of benzene rings is 1. The smallest absolute Gasteiger partial charge is 0.359 e. The predicted octanol–water partition coefficient (Wildman–Crippen LogP) is 3.45. The first-order chi connectivity index (χ1) is 15.3. The SMILES string of the molecule is COc1ccc(CCNC(=O)C(C)OC(=O)c2nc(-n3nc(C)cc3C)ccc2Cl)cc1. The fourth-order valence-electron chi connectivity index (χ4n) is 3.09. The van der Waals surface area contributed by atoms with Crippen LogP contribution in [0.1, 0.15) is 34.4 Å². The second-order valence-corrected chi connectivity index (χ2v) is 7.68. The molecule has 0 saturated heterocycles. The van der Waals surface area contributed by atoms with Gasteiger partial charge in [0.05, 0.1) is 17.8 Å². The number of amides is 1. The van der Waals surface area contributed by atoms with Gasteiger partial charge in [-0.3, -0.25) is 4.79 Å². The molecule has 1 aromatic carbocycles. The quantitative estimate of drug-likeness (QED) is 0.521. The third-order valence-electron chi connectivity index (χ3n) is 4.78. The van der Waals surface area contributed by atoms with Gasteiger partial charge in [-0.15, -0.1) is 0 Å². The molecule has 1 unspecified atom stereocenters. The Balaban J connectivity index is 1.59. The van der Waals surface area contributed by atoms with E-state index in [1.165, 1.54) is 6.92 Å². The van der Waals surface area contributed by atoms with Crippen LogP contribution in [0, 0.1) is 13.8 Å². The number of esters is 1. The highest BCUT2D eigenvalue weighted by Gasteiger charge is 2.22. The summed E-state index contributed by atoms with van der Waals surface area (Å²) >= 11 is 6.16. The molecule has 9 heteroatoms. The molecule has 0 saturated carbocycles.